The van der Waals surface area contributed by atoms with Gasteiger partial charge in [-0.1, -0.05) is 135 Å². The van der Waals surface area contributed by atoms with Gasteiger partial charge in [-0.15, -0.1) is 0 Å². The predicted octanol–water partition coefficient (Wildman–Crippen LogP) is 13.1. The molecule has 53 heavy (non-hydrogen) atoms. The third kappa shape index (κ3) is 6.19. The highest BCUT2D eigenvalue weighted by Gasteiger charge is 2.43. The summed E-state index contributed by atoms with van der Waals surface area (Å²) in [7, 11) is 0. The normalized spacial score (nSPS) is 18.7. The van der Waals surface area contributed by atoms with E-state index in [4.69, 9.17) is 0 Å². The predicted molar refractivity (Wildman–Crippen MR) is 227 cm³/mol. The molecule has 1 atom stereocenters. The van der Waals surface area contributed by atoms with Gasteiger partial charge in [0.15, 0.2) is 0 Å². The second-order valence-electron chi connectivity index (χ2n) is 15.4. The number of allylic oxidation sites excluding steroid dienone is 5. The Hall–Kier alpha value is -5.34. The van der Waals surface area contributed by atoms with Gasteiger partial charge >= 0.3 is 0 Å². The summed E-state index contributed by atoms with van der Waals surface area (Å²) < 4.78 is 0. The summed E-state index contributed by atoms with van der Waals surface area (Å²) in [6.45, 7) is 6.93. The van der Waals surface area contributed by atoms with Crippen LogP contribution < -0.4 is 9.80 Å². The van der Waals surface area contributed by atoms with Gasteiger partial charge < -0.3 is 9.80 Å². The number of hydrogen-bond acceptors (Lipinski definition) is 2. The van der Waals surface area contributed by atoms with E-state index in [1.54, 1.807) is 5.57 Å². The Balaban J connectivity index is 0.895. The van der Waals surface area contributed by atoms with Gasteiger partial charge in [0.05, 0.1) is 0 Å². The zero-order valence-corrected chi connectivity index (χ0v) is 31.3. The van der Waals surface area contributed by atoms with Gasteiger partial charge in [0, 0.05) is 41.3 Å². The minimum Gasteiger partial charge on any atom is -0.341 e. The Bertz CT molecular complexity index is 2240. The highest BCUT2D eigenvalue weighted by atomic mass is 15.1. The van der Waals surface area contributed by atoms with Crippen LogP contribution in [0.4, 0.5) is 22.7 Å². The monoisotopic (exact) mass is 690 g/mol. The molecular formula is C51H50N2. The lowest BCUT2D eigenvalue weighted by atomic mass is 9.69. The SMILES string of the molecule is CCC1(CC)C2=C(C=CC(/C=C/c3ccc(N4CCCc5ccccc54)cc3)C2)c2ccc(/C=C/c3ccc(N4CCCc5ccccc54)cc3)cc21. The van der Waals surface area contributed by atoms with Crippen LogP contribution in [-0.2, 0) is 18.3 Å². The Morgan fingerprint density at radius 3 is 1.77 bits per heavy atom. The first-order valence-electron chi connectivity index (χ1n) is 20.0. The van der Waals surface area contributed by atoms with E-state index in [1.165, 1.54) is 93.0 Å². The second-order valence-corrected chi connectivity index (χ2v) is 15.4. The van der Waals surface area contributed by atoms with Crippen LogP contribution >= 0.6 is 0 Å². The van der Waals surface area contributed by atoms with E-state index in [1.807, 2.05) is 0 Å². The van der Waals surface area contributed by atoms with Gasteiger partial charge in [-0.05, 0) is 132 Å². The van der Waals surface area contributed by atoms with Crippen LogP contribution in [0.1, 0.15) is 84.9 Å². The summed E-state index contributed by atoms with van der Waals surface area (Å²) in [5.74, 6) is 0.398. The molecule has 2 aliphatic heterocycles. The number of fused-ring (bicyclic) bond motifs is 4. The first kappa shape index (κ1) is 33.5. The lowest BCUT2D eigenvalue weighted by molar-refractivity contribution is 0.453. The Kier molecular flexibility index (Phi) is 9.00. The van der Waals surface area contributed by atoms with E-state index in [0.29, 0.717) is 5.92 Å². The molecule has 0 bridgehead atoms. The summed E-state index contributed by atoms with van der Waals surface area (Å²) in [6, 6.07) is 43.1. The first-order chi connectivity index (χ1) is 26.1. The maximum Gasteiger partial charge on any atom is 0.0443 e. The number of nitrogens with zero attached hydrogens (tertiary/aromatic N) is 2. The van der Waals surface area contributed by atoms with E-state index in [0.717, 1.165) is 32.4 Å². The van der Waals surface area contributed by atoms with E-state index >= 15 is 0 Å². The summed E-state index contributed by atoms with van der Waals surface area (Å²) in [5, 5.41) is 0. The Morgan fingerprint density at radius 1 is 0.623 bits per heavy atom. The smallest absolute Gasteiger partial charge is 0.0443 e. The van der Waals surface area contributed by atoms with Gasteiger partial charge in [-0.2, -0.15) is 0 Å². The zero-order chi connectivity index (χ0) is 35.8. The van der Waals surface area contributed by atoms with Crippen molar-refractivity contribution in [1.82, 2.24) is 0 Å². The molecule has 0 saturated heterocycles. The van der Waals surface area contributed by atoms with Gasteiger partial charge in [0.1, 0.15) is 0 Å². The fourth-order valence-corrected chi connectivity index (χ4v) is 9.65. The molecule has 5 aromatic carbocycles. The highest BCUT2D eigenvalue weighted by Crippen LogP contribution is 2.55. The molecule has 0 aromatic heterocycles. The Morgan fingerprint density at radius 2 is 1.17 bits per heavy atom. The van der Waals surface area contributed by atoms with Crippen LogP contribution in [0.25, 0.3) is 23.8 Å². The van der Waals surface area contributed by atoms with Crippen molar-refractivity contribution in [3.63, 3.8) is 0 Å². The number of aryl methyl sites for hydroxylation is 2. The van der Waals surface area contributed by atoms with Crippen molar-refractivity contribution in [1.29, 1.82) is 0 Å². The summed E-state index contributed by atoms with van der Waals surface area (Å²) >= 11 is 0. The molecule has 2 heterocycles. The molecule has 2 heteroatoms. The molecule has 0 saturated carbocycles. The topological polar surface area (TPSA) is 6.48 Å². The Labute approximate surface area is 316 Å². The van der Waals surface area contributed by atoms with E-state index in [9.17, 15) is 0 Å². The standard InChI is InChI=1S/C51H50N2/c1-3-51(4-2)47-35-39(19-17-37-21-27-43(28-22-37)52-33-9-13-41-11-5-7-15-49(41)52)25-31-45(47)46-32-26-40(36-48(46)51)20-18-38-23-29-44(30-24-38)53-34-10-14-42-12-6-8-16-50(42)53/h5-8,11-12,15-32,35,40H,3-4,9-10,13-14,33-34,36H2,1-2H3/b19-17+,20-18+. The quantitative estimate of drug-likeness (QED) is 0.150. The van der Waals surface area contributed by atoms with E-state index in [-0.39, 0.29) is 5.41 Å². The first-order valence-corrected chi connectivity index (χ1v) is 20.0. The maximum atomic E-state index is 2.48. The van der Waals surface area contributed by atoms with Crippen LogP contribution in [-0.4, -0.2) is 13.1 Å². The highest BCUT2D eigenvalue weighted by molar-refractivity contribution is 5.88. The molecule has 5 aromatic rings. The maximum absolute atomic E-state index is 2.48. The number of para-hydroxylation sites is 2. The number of anilines is 4. The van der Waals surface area contributed by atoms with Crippen LogP contribution in [0.2, 0.25) is 0 Å². The minimum atomic E-state index is 0.0874. The van der Waals surface area contributed by atoms with Crippen molar-refractivity contribution in [3.8, 4) is 0 Å². The minimum absolute atomic E-state index is 0.0874. The molecule has 0 radical (unpaired) electrons. The van der Waals surface area contributed by atoms with E-state index < -0.39 is 0 Å². The fourth-order valence-electron chi connectivity index (χ4n) is 9.65. The van der Waals surface area contributed by atoms with Crippen LogP contribution in [0.3, 0.4) is 0 Å². The summed E-state index contributed by atoms with van der Waals surface area (Å²) in [4.78, 5) is 4.95. The van der Waals surface area contributed by atoms with Crippen molar-refractivity contribution in [2.75, 3.05) is 22.9 Å². The zero-order valence-electron chi connectivity index (χ0n) is 31.3. The van der Waals surface area contributed by atoms with Gasteiger partial charge in [0.25, 0.3) is 0 Å². The molecule has 2 aliphatic carbocycles. The van der Waals surface area contributed by atoms with Crippen molar-refractivity contribution in [3.05, 3.63) is 178 Å². The van der Waals surface area contributed by atoms with Crippen molar-refractivity contribution >= 4 is 46.6 Å². The molecule has 0 spiro atoms. The average molecular weight is 691 g/mol. The van der Waals surface area contributed by atoms with Crippen molar-refractivity contribution in [2.45, 2.75) is 64.2 Å². The summed E-state index contributed by atoms with van der Waals surface area (Å²) in [5.41, 5.74) is 18.1. The molecule has 0 fully saturated rings. The fraction of sp³-hybridized carbons (Fsp3) is 0.255. The van der Waals surface area contributed by atoms with Crippen LogP contribution in [0.15, 0.2) is 139 Å². The van der Waals surface area contributed by atoms with Gasteiger partial charge in [-0.25, -0.2) is 0 Å². The molecule has 264 valence electrons. The molecule has 4 aliphatic rings. The average Bonchev–Trinajstić information content (AvgIpc) is 3.50. The van der Waals surface area contributed by atoms with Crippen molar-refractivity contribution < 1.29 is 0 Å². The molecule has 0 N–H and O–H groups in total. The van der Waals surface area contributed by atoms with Gasteiger partial charge in [0.2, 0.25) is 0 Å². The number of rotatable bonds is 8. The number of hydrogen-bond donors (Lipinski definition) is 0. The van der Waals surface area contributed by atoms with Crippen molar-refractivity contribution in [2.24, 2.45) is 5.92 Å². The molecule has 9 rings (SSSR count). The molecular weight excluding hydrogens is 641 g/mol. The number of benzene rings is 5. The molecule has 1 unspecified atom stereocenters. The second kappa shape index (κ2) is 14.2. The lowest BCUT2D eigenvalue weighted by Crippen LogP contribution is -2.26. The molecule has 0 amide bonds. The lowest BCUT2D eigenvalue weighted by Gasteiger charge is -2.34. The summed E-state index contributed by atoms with van der Waals surface area (Å²) in [6.07, 6.45) is 22.3. The molecule has 2 nitrogen and oxygen atoms in total. The largest absolute Gasteiger partial charge is 0.341 e. The van der Waals surface area contributed by atoms with E-state index in [2.05, 4.69) is 175 Å². The third-order valence-corrected chi connectivity index (χ3v) is 12.5. The van der Waals surface area contributed by atoms with Crippen LogP contribution in [0.5, 0.6) is 0 Å². The third-order valence-electron chi connectivity index (χ3n) is 12.5. The van der Waals surface area contributed by atoms with Gasteiger partial charge in [-0.3, -0.25) is 0 Å². The van der Waals surface area contributed by atoms with Crippen LogP contribution in [0, 0.1) is 5.92 Å².